The van der Waals surface area contributed by atoms with Crippen molar-refractivity contribution in [3.8, 4) is 0 Å². The van der Waals surface area contributed by atoms with E-state index in [-0.39, 0.29) is 17.5 Å². The Labute approximate surface area is 86.5 Å². The van der Waals surface area contributed by atoms with Gasteiger partial charge in [-0.15, -0.1) is 10.2 Å². The van der Waals surface area contributed by atoms with Crippen LogP contribution in [-0.4, -0.2) is 30.9 Å². The van der Waals surface area contributed by atoms with Crippen LogP contribution >= 0.6 is 11.6 Å². The number of hydrogen-bond acceptors (Lipinski definition) is 5. The van der Waals surface area contributed by atoms with Crippen molar-refractivity contribution in [1.29, 1.82) is 0 Å². The molecular formula is C6H9ClN4O2S. The Morgan fingerprint density at radius 2 is 2.14 bits per heavy atom. The molecule has 8 heteroatoms. The molecule has 0 aromatic carbocycles. The summed E-state index contributed by atoms with van der Waals surface area (Å²) < 4.78 is 21.1. The minimum Gasteiger partial charge on any atom is -0.368 e. The number of primary sulfonamides is 1. The number of nitrogens with zero attached hydrogens (tertiary/aromatic N) is 2. The lowest BCUT2D eigenvalue weighted by Crippen LogP contribution is -2.22. The highest BCUT2D eigenvalue weighted by Crippen LogP contribution is 2.05. The summed E-state index contributed by atoms with van der Waals surface area (Å²) in [5.41, 5.74) is 0. The maximum Gasteiger partial charge on any atom is 0.210 e. The lowest BCUT2D eigenvalue weighted by atomic mass is 10.5. The van der Waals surface area contributed by atoms with Crippen LogP contribution in [-0.2, 0) is 10.0 Å². The Balaban J connectivity index is 2.43. The maximum absolute atomic E-state index is 10.6. The van der Waals surface area contributed by atoms with Crippen LogP contribution in [0.5, 0.6) is 0 Å². The molecule has 0 saturated carbocycles. The standard InChI is InChI=1S/C6H9ClN4O2S/c7-5-1-2-6(11-10-5)9-3-4-14(8,12)13/h1-2H,3-4H2,(H,9,11)(H2,8,12,13). The highest BCUT2D eigenvalue weighted by Gasteiger charge is 2.02. The van der Waals surface area contributed by atoms with Gasteiger partial charge in [0, 0.05) is 6.54 Å². The predicted octanol–water partition coefficient (Wildman–Crippen LogP) is -0.170. The SMILES string of the molecule is NS(=O)(=O)CCNc1ccc(Cl)nn1. The number of nitrogens with two attached hydrogens (primary N) is 1. The zero-order valence-electron chi connectivity index (χ0n) is 7.14. The summed E-state index contributed by atoms with van der Waals surface area (Å²) in [4.78, 5) is 0. The third-order valence-corrected chi connectivity index (χ3v) is 2.30. The number of aromatic nitrogens is 2. The molecule has 1 aromatic heterocycles. The van der Waals surface area contributed by atoms with Gasteiger partial charge in [0.15, 0.2) is 5.15 Å². The summed E-state index contributed by atoms with van der Waals surface area (Å²) in [5.74, 6) is 0.301. The van der Waals surface area contributed by atoms with Gasteiger partial charge in [-0.3, -0.25) is 0 Å². The second-order valence-electron chi connectivity index (χ2n) is 2.54. The molecule has 0 amide bonds. The Hall–Kier alpha value is -0.920. The molecule has 6 nitrogen and oxygen atoms in total. The van der Waals surface area contributed by atoms with Crippen LogP contribution in [0.4, 0.5) is 5.82 Å². The van der Waals surface area contributed by atoms with E-state index in [4.69, 9.17) is 16.7 Å². The molecule has 1 aromatic rings. The minimum atomic E-state index is -3.44. The van der Waals surface area contributed by atoms with Crippen LogP contribution in [0.25, 0.3) is 0 Å². The summed E-state index contributed by atoms with van der Waals surface area (Å²) in [6, 6.07) is 3.15. The fourth-order valence-corrected chi connectivity index (χ4v) is 1.22. The van der Waals surface area contributed by atoms with E-state index in [1.54, 1.807) is 12.1 Å². The summed E-state index contributed by atoms with van der Waals surface area (Å²) >= 11 is 5.50. The molecule has 0 spiro atoms. The van der Waals surface area contributed by atoms with Gasteiger partial charge >= 0.3 is 0 Å². The van der Waals surface area contributed by atoms with Gasteiger partial charge in [-0.25, -0.2) is 13.6 Å². The van der Waals surface area contributed by atoms with Crippen LogP contribution in [0, 0.1) is 0 Å². The normalized spacial score (nSPS) is 11.3. The van der Waals surface area contributed by atoms with Crippen LogP contribution < -0.4 is 10.5 Å². The highest BCUT2D eigenvalue weighted by molar-refractivity contribution is 7.89. The van der Waals surface area contributed by atoms with Gasteiger partial charge in [0.05, 0.1) is 5.75 Å². The molecule has 0 radical (unpaired) electrons. The van der Waals surface area contributed by atoms with Crippen molar-refractivity contribution in [3.63, 3.8) is 0 Å². The second-order valence-corrected chi connectivity index (χ2v) is 4.66. The molecule has 14 heavy (non-hydrogen) atoms. The number of nitrogens with one attached hydrogen (secondary N) is 1. The monoisotopic (exact) mass is 236 g/mol. The smallest absolute Gasteiger partial charge is 0.210 e. The third kappa shape index (κ3) is 4.35. The van der Waals surface area contributed by atoms with Gasteiger partial charge in [0.2, 0.25) is 10.0 Å². The highest BCUT2D eigenvalue weighted by atomic mass is 35.5. The first-order valence-electron chi connectivity index (χ1n) is 3.71. The van der Waals surface area contributed by atoms with Crippen molar-refractivity contribution >= 4 is 27.4 Å². The van der Waals surface area contributed by atoms with Crippen LogP contribution in [0.1, 0.15) is 0 Å². The van der Waals surface area contributed by atoms with Crippen molar-refractivity contribution < 1.29 is 8.42 Å². The summed E-state index contributed by atoms with van der Waals surface area (Å²) in [6.45, 7) is 0.190. The summed E-state index contributed by atoms with van der Waals surface area (Å²) in [7, 11) is -3.44. The third-order valence-electron chi connectivity index (χ3n) is 1.32. The average molecular weight is 237 g/mol. The number of sulfonamides is 1. The van der Waals surface area contributed by atoms with E-state index in [0.29, 0.717) is 5.82 Å². The Bertz CT molecular complexity index is 391. The van der Waals surface area contributed by atoms with Crippen molar-refractivity contribution in [3.05, 3.63) is 17.3 Å². The van der Waals surface area contributed by atoms with E-state index < -0.39 is 10.0 Å². The van der Waals surface area contributed by atoms with Crippen LogP contribution in [0.2, 0.25) is 5.15 Å². The predicted molar refractivity (Wildman–Crippen MR) is 53.5 cm³/mol. The number of rotatable bonds is 4. The zero-order valence-corrected chi connectivity index (χ0v) is 8.72. The number of hydrogen-bond donors (Lipinski definition) is 2. The first-order valence-corrected chi connectivity index (χ1v) is 5.80. The van der Waals surface area contributed by atoms with Crippen LogP contribution in [0.3, 0.4) is 0 Å². The fourth-order valence-electron chi connectivity index (χ4n) is 0.732. The number of anilines is 1. The van der Waals surface area contributed by atoms with Crippen molar-refractivity contribution in [2.75, 3.05) is 17.6 Å². The molecule has 0 aliphatic rings. The number of halogens is 1. The van der Waals surface area contributed by atoms with Gasteiger partial charge in [0.1, 0.15) is 5.82 Å². The largest absolute Gasteiger partial charge is 0.368 e. The minimum absolute atomic E-state index is 0.155. The molecule has 0 atom stereocenters. The van der Waals surface area contributed by atoms with E-state index in [2.05, 4.69) is 15.5 Å². The van der Waals surface area contributed by atoms with Crippen molar-refractivity contribution in [2.45, 2.75) is 0 Å². The molecule has 3 N–H and O–H groups in total. The molecule has 0 bridgehead atoms. The second kappa shape index (κ2) is 4.54. The summed E-state index contributed by atoms with van der Waals surface area (Å²) in [6.07, 6.45) is 0. The Kier molecular flexibility index (Phi) is 3.62. The Morgan fingerprint density at radius 3 is 2.64 bits per heavy atom. The molecular weight excluding hydrogens is 228 g/mol. The van der Waals surface area contributed by atoms with E-state index in [9.17, 15) is 8.42 Å². The molecule has 0 unspecified atom stereocenters. The van der Waals surface area contributed by atoms with Crippen LogP contribution in [0.15, 0.2) is 12.1 Å². The quantitative estimate of drug-likeness (QED) is 0.757. The molecule has 0 fully saturated rings. The van der Waals surface area contributed by atoms with Gasteiger partial charge in [-0.1, -0.05) is 11.6 Å². The van der Waals surface area contributed by atoms with Gasteiger partial charge in [0.25, 0.3) is 0 Å². The molecule has 1 rings (SSSR count). The molecule has 0 aliphatic heterocycles. The molecule has 78 valence electrons. The topological polar surface area (TPSA) is 98.0 Å². The molecule has 0 aliphatic carbocycles. The lowest BCUT2D eigenvalue weighted by Gasteiger charge is -2.02. The average Bonchev–Trinajstić information content (AvgIpc) is 2.06. The zero-order chi connectivity index (χ0) is 10.6. The lowest BCUT2D eigenvalue weighted by molar-refractivity contribution is 0.598. The van der Waals surface area contributed by atoms with E-state index in [1.807, 2.05) is 0 Å². The van der Waals surface area contributed by atoms with Gasteiger partial charge in [-0.2, -0.15) is 0 Å². The van der Waals surface area contributed by atoms with E-state index in [1.165, 1.54) is 0 Å². The van der Waals surface area contributed by atoms with E-state index >= 15 is 0 Å². The Morgan fingerprint density at radius 1 is 1.43 bits per heavy atom. The first kappa shape index (κ1) is 11.2. The molecule has 0 saturated heterocycles. The van der Waals surface area contributed by atoms with Crippen molar-refractivity contribution in [2.24, 2.45) is 5.14 Å². The van der Waals surface area contributed by atoms with Gasteiger partial charge in [-0.05, 0) is 12.1 Å². The maximum atomic E-state index is 10.6. The molecule has 1 heterocycles. The summed E-state index contributed by atoms with van der Waals surface area (Å²) in [5, 5.41) is 15.1. The first-order chi connectivity index (χ1) is 6.47. The van der Waals surface area contributed by atoms with E-state index in [0.717, 1.165) is 0 Å². The fraction of sp³-hybridized carbons (Fsp3) is 0.333. The van der Waals surface area contributed by atoms with Gasteiger partial charge < -0.3 is 5.32 Å². The van der Waals surface area contributed by atoms with Crippen molar-refractivity contribution in [1.82, 2.24) is 10.2 Å².